The molecule has 142 valence electrons. The minimum absolute atomic E-state index is 0.0174. The highest BCUT2D eigenvalue weighted by Crippen LogP contribution is 2.34. The lowest BCUT2D eigenvalue weighted by atomic mass is 9.89. The Morgan fingerprint density at radius 2 is 2.00 bits per heavy atom. The molecule has 28 heavy (non-hydrogen) atoms. The number of rotatable bonds is 4. The van der Waals surface area contributed by atoms with Crippen molar-refractivity contribution in [2.75, 3.05) is 27.2 Å². The molecule has 0 saturated carbocycles. The van der Waals surface area contributed by atoms with Gasteiger partial charge >= 0.3 is 5.97 Å². The fourth-order valence-corrected chi connectivity index (χ4v) is 3.32. The van der Waals surface area contributed by atoms with Gasteiger partial charge in [-0.15, -0.1) is 0 Å². The van der Waals surface area contributed by atoms with E-state index in [1.807, 2.05) is 19.0 Å². The Morgan fingerprint density at radius 3 is 2.75 bits per heavy atom. The van der Waals surface area contributed by atoms with Crippen LogP contribution in [0.5, 0.6) is 0 Å². The molecule has 1 aliphatic carbocycles. The zero-order valence-electron chi connectivity index (χ0n) is 15.2. The number of hydrogen-bond donors (Lipinski definition) is 0. The van der Waals surface area contributed by atoms with Crippen LogP contribution in [0, 0.1) is 5.82 Å². The van der Waals surface area contributed by atoms with Gasteiger partial charge in [0.15, 0.2) is 5.78 Å². The molecule has 0 aromatic carbocycles. The van der Waals surface area contributed by atoms with E-state index in [1.54, 1.807) is 0 Å². The summed E-state index contributed by atoms with van der Waals surface area (Å²) in [6.45, 7) is 0.522. The first-order valence-electron chi connectivity index (χ1n) is 8.60. The lowest BCUT2D eigenvalue weighted by molar-refractivity contribution is 0.0481. The highest BCUT2D eigenvalue weighted by molar-refractivity contribution is 6.31. The second kappa shape index (κ2) is 6.65. The van der Waals surface area contributed by atoms with Crippen molar-refractivity contribution in [1.29, 1.82) is 0 Å². The molecule has 3 heterocycles. The summed E-state index contributed by atoms with van der Waals surface area (Å²) in [5.74, 6) is -2.67. The number of pyridine rings is 2. The van der Waals surface area contributed by atoms with Crippen LogP contribution in [0.3, 0.4) is 0 Å². The van der Waals surface area contributed by atoms with Gasteiger partial charge in [0.05, 0.1) is 16.6 Å². The summed E-state index contributed by atoms with van der Waals surface area (Å²) in [7, 11) is 3.63. The van der Waals surface area contributed by atoms with Gasteiger partial charge in [-0.3, -0.25) is 14.6 Å². The minimum atomic E-state index is -0.848. The predicted octanol–water partition coefficient (Wildman–Crippen LogP) is 1.97. The second-order valence-electron chi connectivity index (χ2n) is 6.67. The summed E-state index contributed by atoms with van der Waals surface area (Å²) in [6.07, 6.45) is 2.84. The van der Waals surface area contributed by atoms with Gasteiger partial charge in [-0.25, -0.2) is 9.18 Å². The van der Waals surface area contributed by atoms with Crippen LogP contribution in [0.25, 0.3) is 5.52 Å². The fraction of sp³-hybridized carbons (Fsp3) is 0.200. The normalized spacial score (nSPS) is 13.0. The average Bonchev–Trinajstić information content (AvgIpc) is 3.03. The quantitative estimate of drug-likeness (QED) is 0.503. The molecular formula is C20H16FN3O4. The summed E-state index contributed by atoms with van der Waals surface area (Å²) in [5.41, 5.74) is -0.554. The average molecular weight is 381 g/mol. The standard InChI is InChI=1S/C20H16FN3O4/c1-23(2)9-10-28-20(27)14-13-17(24-8-4-6-12(21)16(14)24)19(26)15-11(18(13)25)5-3-7-22-15/h3-8H,9-10H2,1-2H3. The Kier molecular flexibility index (Phi) is 4.27. The molecule has 0 spiro atoms. The smallest absolute Gasteiger partial charge is 0.341 e. The summed E-state index contributed by atoms with van der Waals surface area (Å²) in [5, 5.41) is 0. The van der Waals surface area contributed by atoms with E-state index in [0.717, 1.165) is 6.07 Å². The molecule has 0 bridgehead atoms. The molecule has 7 nitrogen and oxygen atoms in total. The van der Waals surface area contributed by atoms with E-state index in [0.29, 0.717) is 6.54 Å². The number of fused-ring (bicyclic) bond motifs is 4. The van der Waals surface area contributed by atoms with Crippen molar-refractivity contribution >= 4 is 23.1 Å². The van der Waals surface area contributed by atoms with Crippen LogP contribution in [0.15, 0.2) is 36.7 Å². The summed E-state index contributed by atoms with van der Waals surface area (Å²) < 4.78 is 21.1. The van der Waals surface area contributed by atoms with Gasteiger partial charge in [0.25, 0.3) is 0 Å². The third-order valence-electron chi connectivity index (χ3n) is 4.59. The van der Waals surface area contributed by atoms with Crippen LogP contribution < -0.4 is 0 Å². The van der Waals surface area contributed by atoms with Gasteiger partial charge < -0.3 is 14.0 Å². The molecule has 0 saturated heterocycles. The topological polar surface area (TPSA) is 81.0 Å². The number of carbonyl (C=O) groups excluding carboxylic acids is 3. The maximum atomic E-state index is 14.7. The van der Waals surface area contributed by atoms with Crippen molar-refractivity contribution in [2.45, 2.75) is 0 Å². The first kappa shape index (κ1) is 18.0. The Labute approximate surface area is 159 Å². The van der Waals surface area contributed by atoms with Gasteiger partial charge in [-0.05, 0) is 38.4 Å². The molecule has 4 rings (SSSR count). The van der Waals surface area contributed by atoms with Crippen LogP contribution in [0.2, 0.25) is 0 Å². The van der Waals surface area contributed by atoms with Crippen LogP contribution in [-0.4, -0.2) is 59.1 Å². The molecule has 0 fully saturated rings. The number of likely N-dealkylation sites (N-methyl/N-ethyl adjacent to an activating group) is 1. The van der Waals surface area contributed by atoms with Gasteiger partial charge in [-0.1, -0.05) is 0 Å². The molecule has 0 N–H and O–H groups in total. The number of esters is 1. The van der Waals surface area contributed by atoms with E-state index in [4.69, 9.17) is 4.74 Å². The second-order valence-corrected chi connectivity index (χ2v) is 6.67. The van der Waals surface area contributed by atoms with E-state index < -0.39 is 23.4 Å². The highest BCUT2D eigenvalue weighted by atomic mass is 19.1. The van der Waals surface area contributed by atoms with E-state index in [2.05, 4.69) is 4.98 Å². The first-order valence-corrected chi connectivity index (χ1v) is 8.60. The number of ketones is 2. The Balaban J connectivity index is 1.95. The first-order chi connectivity index (χ1) is 13.4. The van der Waals surface area contributed by atoms with Gasteiger partial charge in [0, 0.05) is 18.9 Å². The lowest BCUT2D eigenvalue weighted by Crippen LogP contribution is -2.25. The molecule has 0 unspecified atom stereocenters. The number of carbonyl (C=O) groups is 3. The molecule has 3 aromatic heterocycles. The molecule has 0 radical (unpaired) electrons. The lowest BCUT2D eigenvalue weighted by Gasteiger charge is -2.14. The van der Waals surface area contributed by atoms with Crippen LogP contribution >= 0.6 is 0 Å². The fourth-order valence-electron chi connectivity index (χ4n) is 3.32. The number of ether oxygens (including phenoxy) is 1. The van der Waals surface area contributed by atoms with E-state index in [9.17, 15) is 18.8 Å². The third kappa shape index (κ3) is 2.61. The number of halogens is 1. The molecule has 0 amide bonds. The van der Waals surface area contributed by atoms with E-state index >= 15 is 0 Å². The third-order valence-corrected chi connectivity index (χ3v) is 4.59. The molecule has 0 aliphatic heterocycles. The van der Waals surface area contributed by atoms with Crippen molar-refractivity contribution < 1.29 is 23.5 Å². The van der Waals surface area contributed by atoms with Gasteiger partial charge in [0.1, 0.15) is 29.4 Å². The van der Waals surface area contributed by atoms with Crippen molar-refractivity contribution in [1.82, 2.24) is 14.3 Å². The number of hydrogen-bond acceptors (Lipinski definition) is 6. The molecule has 3 aromatic rings. The van der Waals surface area contributed by atoms with Crippen molar-refractivity contribution in [2.24, 2.45) is 0 Å². The van der Waals surface area contributed by atoms with Crippen LogP contribution in [-0.2, 0) is 4.74 Å². The Hall–Kier alpha value is -3.39. The summed E-state index contributed by atoms with van der Waals surface area (Å²) in [4.78, 5) is 44.7. The predicted molar refractivity (Wildman–Crippen MR) is 97.3 cm³/mol. The zero-order valence-corrected chi connectivity index (χ0v) is 15.2. The largest absolute Gasteiger partial charge is 0.461 e. The summed E-state index contributed by atoms with van der Waals surface area (Å²) in [6, 6.07) is 5.55. The molecular weight excluding hydrogens is 365 g/mol. The van der Waals surface area contributed by atoms with Gasteiger partial charge in [0.2, 0.25) is 5.78 Å². The van der Waals surface area contributed by atoms with Crippen molar-refractivity contribution in [3.05, 3.63) is 70.6 Å². The van der Waals surface area contributed by atoms with Crippen molar-refractivity contribution in [3.8, 4) is 0 Å². The van der Waals surface area contributed by atoms with Gasteiger partial charge in [-0.2, -0.15) is 0 Å². The van der Waals surface area contributed by atoms with Crippen LogP contribution in [0.4, 0.5) is 4.39 Å². The monoisotopic (exact) mass is 381 g/mol. The zero-order chi connectivity index (χ0) is 20.0. The maximum absolute atomic E-state index is 14.7. The molecule has 8 heteroatoms. The minimum Gasteiger partial charge on any atom is -0.461 e. The van der Waals surface area contributed by atoms with Crippen molar-refractivity contribution in [3.63, 3.8) is 0 Å². The summed E-state index contributed by atoms with van der Waals surface area (Å²) >= 11 is 0. The molecule has 1 aliphatic rings. The highest BCUT2D eigenvalue weighted by Gasteiger charge is 2.40. The van der Waals surface area contributed by atoms with Crippen LogP contribution in [0.1, 0.15) is 42.5 Å². The van der Waals surface area contributed by atoms with E-state index in [1.165, 1.54) is 35.0 Å². The Morgan fingerprint density at radius 1 is 1.21 bits per heavy atom. The number of aromatic nitrogens is 2. The number of nitrogens with zero attached hydrogens (tertiary/aromatic N) is 3. The molecule has 0 atom stereocenters. The Bertz CT molecular complexity index is 1150. The maximum Gasteiger partial charge on any atom is 0.341 e. The SMILES string of the molecule is CN(C)CCOC(=O)c1c2c(n3cccc(F)c13)C(=O)c1ncccc1C2=O. The van der Waals surface area contributed by atoms with E-state index in [-0.39, 0.29) is 40.2 Å².